The topological polar surface area (TPSA) is 64.6 Å². The Labute approximate surface area is 117 Å². The van der Waals surface area contributed by atoms with Gasteiger partial charge in [-0.05, 0) is 20.8 Å². The summed E-state index contributed by atoms with van der Waals surface area (Å²) in [6.07, 6.45) is 0.769. The van der Waals surface area contributed by atoms with Crippen molar-refractivity contribution in [3.63, 3.8) is 0 Å². The monoisotopic (exact) mass is 275 g/mol. The highest BCUT2D eigenvalue weighted by molar-refractivity contribution is 5.98. The van der Waals surface area contributed by atoms with Gasteiger partial charge in [-0.3, -0.25) is 15.1 Å². The van der Waals surface area contributed by atoms with Gasteiger partial charge in [0.05, 0.1) is 11.3 Å². The van der Waals surface area contributed by atoms with Gasteiger partial charge in [-0.25, -0.2) is 4.79 Å². The zero-order valence-corrected chi connectivity index (χ0v) is 11.7. The van der Waals surface area contributed by atoms with Gasteiger partial charge >= 0.3 is 5.97 Å². The fourth-order valence-corrected chi connectivity index (χ4v) is 1.78. The minimum atomic E-state index is -0.556. The molecule has 5 heteroatoms. The van der Waals surface area contributed by atoms with Crippen LogP contribution in [0.2, 0.25) is 0 Å². The van der Waals surface area contributed by atoms with E-state index in [1.807, 2.05) is 20.8 Å². The molecule has 0 fully saturated rings. The van der Waals surface area contributed by atoms with Crippen molar-refractivity contribution in [2.24, 2.45) is 0 Å². The van der Waals surface area contributed by atoms with Crippen molar-refractivity contribution in [2.45, 2.75) is 26.4 Å². The van der Waals surface area contributed by atoms with E-state index in [9.17, 15) is 9.59 Å². The second-order valence-corrected chi connectivity index (χ2v) is 5.49. The number of rotatable bonds is 3. The van der Waals surface area contributed by atoms with Crippen molar-refractivity contribution in [2.75, 3.05) is 6.61 Å². The maximum Gasteiger partial charge on any atom is 0.339 e. The van der Waals surface area contributed by atoms with Crippen LogP contribution in [-0.4, -0.2) is 24.5 Å². The Morgan fingerprint density at radius 2 is 1.95 bits per heavy atom. The van der Waals surface area contributed by atoms with Gasteiger partial charge in [-0.15, -0.1) is 0 Å². The highest BCUT2D eigenvalue weighted by atomic mass is 16.7. The normalized spacial score (nSPS) is 14.9. The molecule has 0 aliphatic carbocycles. The van der Waals surface area contributed by atoms with Gasteiger partial charge in [0.1, 0.15) is 18.5 Å². The van der Waals surface area contributed by atoms with E-state index in [0.29, 0.717) is 16.8 Å². The summed E-state index contributed by atoms with van der Waals surface area (Å²) < 4.78 is 5.35. The van der Waals surface area contributed by atoms with Crippen LogP contribution >= 0.6 is 0 Å². The fourth-order valence-electron chi connectivity index (χ4n) is 1.78. The van der Waals surface area contributed by atoms with Crippen LogP contribution in [0.4, 0.5) is 0 Å². The van der Waals surface area contributed by atoms with E-state index in [1.165, 1.54) is 0 Å². The van der Waals surface area contributed by atoms with Crippen LogP contribution in [-0.2, 0) is 14.4 Å². The lowest BCUT2D eigenvalue weighted by Gasteiger charge is -2.19. The van der Waals surface area contributed by atoms with Crippen molar-refractivity contribution >= 4 is 18.0 Å². The van der Waals surface area contributed by atoms with E-state index in [1.54, 1.807) is 24.3 Å². The number of aldehydes is 1. The van der Waals surface area contributed by atoms with Crippen LogP contribution < -0.4 is 5.48 Å². The van der Waals surface area contributed by atoms with Crippen LogP contribution in [0.1, 0.15) is 36.7 Å². The number of carbonyl (C=O) groups excluding carboxylic acids is 2. The molecule has 0 spiro atoms. The van der Waals surface area contributed by atoms with Crippen molar-refractivity contribution < 1.29 is 19.2 Å². The number of carbonyl (C=O) groups is 2. The standard InChI is InChI=1S/C15H17NO4/c1-15(2,3)20-14(18)12-9-19-16-13(12)11-6-4-10(8-17)5-7-11/h4-8,16H,9H2,1-3H3. The average molecular weight is 275 g/mol. The summed E-state index contributed by atoms with van der Waals surface area (Å²) in [6, 6.07) is 6.88. The fraction of sp³-hybridized carbons (Fsp3) is 0.333. The van der Waals surface area contributed by atoms with E-state index >= 15 is 0 Å². The molecular formula is C15H17NO4. The second-order valence-electron chi connectivity index (χ2n) is 5.49. The maximum absolute atomic E-state index is 12.1. The number of hydrogen-bond donors (Lipinski definition) is 1. The van der Waals surface area contributed by atoms with Crippen LogP contribution in [0.5, 0.6) is 0 Å². The van der Waals surface area contributed by atoms with Crippen LogP contribution in [0.15, 0.2) is 29.8 Å². The van der Waals surface area contributed by atoms with Crippen molar-refractivity contribution in [1.29, 1.82) is 0 Å². The minimum Gasteiger partial charge on any atom is -0.456 e. The third-order valence-electron chi connectivity index (χ3n) is 2.67. The highest BCUT2D eigenvalue weighted by Crippen LogP contribution is 2.23. The Hall–Kier alpha value is -2.14. The largest absolute Gasteiger partial charge is 0.456 e. The van der Waals surface area contributed by atoms with Gasteiger partial charge < -0.3 is 4.74 Å². The molecule has 1 aromatic rings. The molecule has 0 bridgehead atoms. The molecule has 0 atom stereocenters. The smallest absolute Gasteiger partial charge is 0.339 e. The summed E-state index contributed by atoms with van der Waals surface area (Å²) in [5, 5.41) is 0. The van der Waals surface area contributed by atoms with E-state index in [4.69, 9.17) is 9.57 Å². The highest BCUT2D eigenvalue weighted by Gasteiger charge is 2.27. The number of hydroxylamine groups is 1. The summed E-state index contributed by atoms with van der Waals surface area (Å²) in [6.45, 7) is 5.59. The summed E-state index contributed by atoms with van der Waals surface area (Å²) in [5.41, 5.74) is 4.53. The Morgan fingerprint density at radius 1 is 1.30 bits per heavy atom. The predicted octanol–water partition coefficient (Wildman–Crippen LogP) is 2.09. The maximum atomic E-state index is 12.1. The first-order chi connectivity index (χ1) is 9.40. The van der Waals surface area contributed by atoms with Gasteiger partial charge in [-0.2, -0.15) is 0 Å². The molecule has 0 saturated carbocycles. The third-order valence-corrected chi connectivity index (χ3v) is 2.67. The SMILES string of the molecule is CC(C)(C)OC(=O)C1=C(c2ccc(C=O)cc2)NOC1. The molecule has 1 heterocycles. The molecule has 0 aromatic heterocycles. The van der Waals surface area contributed by atoms with Crippen molar-refractivity contribution in [1.82, 2.24) is 5.48 Å². The van der Waals surface area contributed by atoms with E-state index in [-0.39, 0.29) is 6.61 Å². The van der Waals surface area contributed by atoms with Crippen molar-refractivity contribution in [3.05, 3.63) is 41.0 Å². The molecule has 0 amide bonds. The average Bonchev–Trinajstić information content (AvgIpc) is 2.86. The summed E-state index contributed by atoms with van der Waals surface area (Å²) in [5.74, 6) is -0.406. The molecule has 106 valence electrons. The van der Waals surface area contributed by atoms with Crippen molar-refractivity contribution in [3.8, 4) is 0 Å². The first-order valence-electron chi connectivity index (χ1n) is 6.30. The molecule has 1 aromatic carbocycles. The second kappa shape index (κ2) is 5.46. The predicted molar refractivity (Wildman–Crippen MR) is 73.7 cm³/mol. The Morgan fingerprint density at radius 3 is 2.50 bits per heavy atom. The van der Waals surface area contributed by atoms with Gasteiger partial charge in [0.2, 0.25) is 0 Å². The lowest BCUT2D eigenvalue weighted by molar-refractivity contribution is -0.150. The van der Waals surface area contributed by atoms with Crippen LogP contribution in [0, 0.1) is 0 Å². The van der Waals surface area contributed by atoms with E-state index in [2.05, 4.69) is 5.48 Å². The third kappa shape index (κ3) is 3.24. The van der Waals surface area contributed by atoms with Gasteiger partial charge in [-0.1, -0.05) is 24.3 Å². The molecule has 20 heavy (non-hydrogen) atoms. The van der Waals surface area contributed by atoms with Gasteiger partial charge in [0.25, 0.3) is 0 Å². The Balaban J connectivity index is 2.29. The molecule has 0 radical (unpaired) electrons. The van der Waals surface area contributed by atoms with E-state index in [0.717, 1.165) is 11.8 Å². The Bertz CT molecular complexity index is 552. The number of esters is 1. The number of ether oxygens (including phenoxy) is 1. The summed E-state index contributed by atoms with van der Waals surface area (Å²) >= 11 is 0. The lowest BCUT2D eigenvalue weighted by Crippen LogP contribution is -2.25. The quantitative estimate of drug-likeness (QED) is 0.676. The summed E-state index contributed by atoms with van der Waals surface area (Å²) in [4.78, 5) is 27.9. The zero-order chi connectivity index (χ0) is 14.8. The van der Waals surface area contributed by atoms with Gasteiger partial charge in [0, 0.05) is 11.1 Å². The molecule has 0 saturated heterocycles. The first kappa shape index (κ1) is 14.3. The molecule has 1 aliphatic rings. The van der Waals surface area contributed by atoms with Gasteiger partial charge in [0.15, 0.2) is 0 Å². The Kier molecular flexibility index (Phi) is 3.90. The molecule has 5 nitrogen and oxygen atoms in total. The molecule has 1 aliphatic heterocycles. The minimum absolute atomic E-state index is 0.152. The molecular weight excluding hydrogens is 258 g/mol. The molecule has 2 rings (SSSR count). The lowest BCUT2D eigenvalue weighted by atomic mass is 10.1. The first-order valence-corrected chi connectivity index (χ1v) is 6.30. The zero-order valence-electron chi connectivity index (χ0n) is 11.7. The van der Waals surface area contributed by atoms with Crippen LogP contribution in [0.3, 0.4) is 0 Å². The van der Waals surface area contributed by atoms with E-state index < -0.39 is 11.6 Å². The number of nitrogens with one attached hydrogen (secondary N) is 1. The molecule has 1 N–H and O–H groups in total. The van der Waals surface area contributed by atoms with Crippen LogP contribution in [0.25, 0.3) is 5.70 Å². The number of hydrogen-bond acceptors (Lipinski definition) is 5. The summed E-state index contributed by atoms with van der Waals surface area (Å²) in [7, 11) is 0. The molecule has 0 unspecified atom stereocenters. The number of benzene rings is 1.